The third-order valence-electron chi connectivity index (χ3n) is 4.82. The molecule has 0 fully saturated rings. The smallest absolute Gasteiger partial charge is 0.262 e. The Labute approximate surface area is 174 Å². The molecule has 1 heterocycles. The number of nitrogens with zero attached hydrogens (tertiary/aromatic N) is 1. The largest absolute Gasteiger partial charge is 0.280 e. The molecule has 2 N–H and O–H groups in total. The number of halogens is 1. The quantitative estimate of drug-likeness (QED) is 0.446. The van der Waals surface area contributed by atoms with Crippen molar-refractivity contribution in [3.05, 3.63) is 76.3 Å². The molecule has 0 saturated carbocycles. The Hall–Kier alpha value is -2.83. The lowest BCUT2D eigenvalue weighted by atomic mass is 10.1. The maximum Gasteiger partial charge on any atom is 0.262 e. The van der Waals surface area contributed by atoms with Crippen LogP contribution in [0.1, 0.15) is 16.7 Å². The van der Waals surface area contributed by atoms with Crippen molar-refractivity contribution in [1.82, 2.24) is 10.2 Å². The van der Waals surface area contributed by atoms with Gasteiger partial charge in [-0.25, -0.2) is 8.42 Å². The summed E-state index contributed by atoms with van der Waals surface area (Å²) >= 11 is 6.30. The highest BCUT2D eigenvalue weighted by Gasteiger charge is 2.20. The van der Waals surface area contributed by atoms with Gasteiger partial charge < -0.3 is 0 Å². The average Bonchev–Trinajstić information content (AvgIpc) is 3.03. The van der Waals surface area contributed by atoms with Crippen LogP contribution in [0.4, 0.5) is 5.69 Å². The first kappa shape index (κ1) is 19.5. The van der Waals surface area contributed by atoms with Crippen molar-refractivity contribution < 1.29 is 8.42 Å². The molecule has 0 saturated heterocycles. The molecule has 29 heavy (non-hydrogen) atoms. The molecule has 7 heteroatoms. The van der Waals surface area contributed by atoms with E-state index in [1.807, 2.05) is 63.2 Å². The van der Waals surface area contributed by atoms with Gasteiger partial charge in [0.15, 0.2) is 0 Å². The van der Waals surface area contributed by atoms with Gasteiger partial charge in [-0.05, 0) is 56.2 Å². The minimum Gasteiger partial charge on any atom is -0.280 e. The normalized spacial score (nSPS) is 11.7. The molecule has 0 aliphatic heterocycles. The number of benzene rings is 3. The van der Waals surface area contributed by atoms with E-state index in [1.165, 1.54) is 0 Å². The predicted molar refractivity (Wildman–Crippen MR) is 118 cm³/mol. The Morgan fingerprint density at radius 2 is 1.66 bits per heavy atom. The van der Waals surface area contributed by atoms with Gasteiger partial charge in [0.1, 0.15) is 5.69 Å². The number of sulfonamides is 1. The van der Waals surface area contributed by atoms with Gasteiger partial charge in [-0.3, -0.25) is 9.82 Å². The molecule has 0 aliphatic rings. The zero-order valence-corrected chi connectivity index (χ0v) is 17.8. The Morgan fingerprint density at radius 3 is 2.34 bits per heavy atom. The second kappa shape index (κ2) is 7.21. The fourth-order valence-corrected chi connectivity index (χ4v) is 5.47. The van der Waals surface area contributed by atoms with Gasteiger partial charge in [-0.15, -0.1) is 0 Å². The van der Waals surface area contributed by atoms with Crippen LogP contribution in [0.2, 0.25) is 5.02 Å². The van der Waals surface area contributed by atoms with E-state index in [2.05, 4.69) is 14.9 Å². The second-order valence-electron chi connectivity index (χ2n) is 7.15. The number of nitrogens with one attached hydrogen (secondary N) is 2. The summed E-state index contributed by atoms with van der Waals surface area (Å²) in [5.41, 5.74) is 5.20. The van der Waals surface area contributed by atoms with E-state index in [9.17, 15) is 8.42 Å². The maximum atomic E-state index is 13.0. The number of aryl methyl sites for hydroxylation is 3. The maximum absolute atomic E-state index is 13.0. The number of H-pyrrole nitrogens is 1. The monoisotopic (exact) mass is 425 g/mol. The number of fused-ring (bicyclic) bond motifs is 1. The van der Waals surface area contributed by atoms with Crippen LogP contribution in [-0.4, -0.2) is 18.6 Å². The van der Waals surface area contributed by atoms with Gasteiger partial charge in [0.25, 0.3) is 10.0 Å². The third kappa shape index (κ3) is 3.61. The lowest BCUT2D eigenvalue weighted by Gasteiger charge is -2.14. The topological polar surface area (TPSA) is 74.8 Å². The lowest BCUT2D eigenvalue weighted by Crippen LogP contribution is -2.15. The van der Waals surface area contributed by atoms with Crippen LogP contribution < -0.4 is 4.72 Å². The van der Waals surface area contributed by atoms with Gasteiger partial charge in [-0.2, -0.15) is 5.10 Å². The zero-order valence-electron chi connectivity index (χ0n) is 16.2. The summed E-state index contributed by atoms with van der Waals surface area (Å²) in [4.78, 5) is 0.310. The first-order valence-corrected chi connectivity index (χ1v) is 11.0. The van der Waals surface area contributed by atoms with E-state index in [0.717, 1.165) is 38.9 Å². The van der Waals surface area contributed by atoms with Crippen molar-refractivity contribution in [3.63, 3.8) is 0 Å². The first-order chi connectivity index (χ1) is 13.8. The van der Waals surface area contributed by atoms with Crippen molar-refractivity contribution in [2.45, 2.75) is 25.7 Å². The summed E-state index contributed by atoms with van der Waals surface area (Å²) in [6.45, 7) is 5.57. The summed E-state index contributed by atoms with van der Waals surface area (Å²) in [7, 11) is -3.72. The van der Waals surface area contributed by atoms with E-state index in [4.69, 9.17) is 11.6 Å². The average molecular weight is 426 g/mol. The van der Waals surface area contributed by atoms with E-state index in [-0.39, 0.29) is 0 Å². The van der Waals surface area contributed by atoms with Crippen LogP contribution in [0.15, 0.2) is 59.5 Å². The fourth-order valence-electron chi connectivity index (χ4n) is 3.74. The second-order valence-corrected chi connectivity index (χ2v) is 9.17. The van der Waals surface area contributed by atoms with Gasteiger partial charge in [0.05, 0.1) is 21.1 Å². The predicted octanol–water partition coefficient (Wildman–Crippen LogP) is 5.61. The van der Waals surface area contributed by atoms with Gasteiger partial charge in [0.2, 0.25) is 0 Å². The minimum absolute atomic E-state index is 0.310. The molecule has 0 unspecified atom stereocenters. The molecule has 1 aromatic heterocycles. The molecule has 0 aliphatic carbocycles. The van der Waals surface area contributed by atoms with Crippen LogP contribution >= 0.6 is 11.6 Å². The summed E-state index contributed by atoms with van der Waals surface area (Å²) in [5.74, 6) is 0. The molecule has 3 aromatic carbocycles. The first-order valence-electron chi connectivity index (χ1n) is 9.10. The number of hydrogen-bond acceptors (Lipinski definition) is 3. The molecule has 4 rings (SSSR count). The van der Waals surface area contributed by atoms with Gasteiger partial charge in [0, 0.05) is 10.9 Å². The highest BCUT2D eigenvalue weighted by molar-refractivity contribution is 7.92. The highest BCUT2D eigenvalue weighted by Crippen LogP contribution is 2.33. The van der Waals surface area contributed by atoms with Gasteiger partial charge >= 0.3 is 0 Å². The van der Waals surface area contributed by atoms with Crippen LogP contribution in [-0.2, 0) is 10.0 Å². The highest BCUT2D eigenvalue weighted by atomic mass is 35.5. The van der Waals surface area contributed by atoms with E-state index < -0.39 is 10.0 Å². The van der Waals surface area contributed by atoms with Crippen LogP contribution in [0.3, 0.4) is 0 Å². The molecule has 0 atom stereocenters. The van der Waals surface area contributed by atoms with E-state index >= 15 is 0 Å². The Bertz CT molecular complexity index is 1320. The molecule has 5 nitrogen and oxygen atoms in total. The molecule has 0 bridgehead atoms. The number of hydrogen-bond donors (Lipinski definition) is 2. The van der Waals surface area contributed by atoms with Crippen molar-refractivity contribution in [2.75, 3.05) is 4.72 Å². The SMILES string of the molecule is Cc1cc(C)c(S(=O)(=O)Nc2ccc3c(-c4ccccc4Cl)n[nH]c3c2)c(C)c1. The van der Waals surface area contributed by atoms with Crippen LogP contribution in [0.5, 0.6) is 0 Å². The Kier molecular flexibility index (Phi) is 4.84. The number of rotatable bonds is 4. The summed E-state index contributed by atoms with van der Waals surface area (Å²) in [6.07, 6.45) is 0. The zero-order chi connectivity index (χ0) is 20.8. The number of aromatic nitrogens is 2. The van der Waals surface area contributed by atoms with Crippen molar-refractivity contribution >= 4 is 38.2 Å². The lowest BCUT2D eigenvalue weighted by molar-refractivity contribution is 0.600. The molecule has 0 radical (unpaired) electrons. The molecule has 4 aromatic rings. The van der Waals surface area contributed by atoms with Crippen molar-refractivity contribution in [1.29, 1.82) is 0 Å². The molecule has 0 spiro atoms. The van der Waals surface area contributed by atoms with Crippen molar-refractivity contribution in [3.8, 4) is 11.3 Å². The summed E-state index contributed by atoms with van der Waals surface area (Å²) < 4.78 is 28.7. The van der Waals surface area contributed by atoms with Crippen molar-refractivity contribution in [2.24, 2.45) is 0 Å². The molecule has 0 amide bonds. The van der Waals surface area contributed by atoms with E-state index in [1.54, 1.807) is 12.1 Å². The number of aromatic amines is 1. The number of anilines is 1. The van der Waals surface area contributed by atoms with Crippen LogP contribution in [0.25, 0.3) is 22.2 Å². The van der Waals surface area contributed by atoms with Gasteiger partial charge in [-0.1, -0.05) is 47.5 Å². The summed E-state index contributed by atoms with van der Waals surface area (Å²) in [6, 6.07) is 16.5. The third-order valence-corrected chi connectivity index (χ3v) is 6.83. The molecular formula is C22H20ClN3O2S. The molecule has 148 valence electrons. The van der Waals surface area contributed by atoms with E-state index in [0.29, 0.717) is 15.6 Å². The standard InChI is InChI=1S/C22H20ClN3O2S/c1-13-10-14(2)22(15(3)11-13)29(27,28)26-16-8-9-18-20(12-16)24-25-21(18)17-6-4-5-7-19(17)23/h4-12,26H,1-3H3,(H,24,25). The molecular weight excluding hydrogens is 406 g/mol. The Balaban J connectivity index is 1.72. The Morgan fingerprint density at radius 1 is 0.966 bits per heavy atom. The van der Waals surface area contributed by atoms with Crippen LogP contribution in [0, 0.1) is 20.8 Å². The fraction of sp³-hybridized carbons (Fsp3) is 0.136. The summed E-state index contributed by atoms with van der Waals surface area (Å²) in [5, 5.41) is 8.81. The minimum atomic E-state index is -3.72.